The summed E-state index contributed by atoms with van der Waals surface area (Å²) in [5.74, 6) is 0.585. The van der Waals surface area contributed by atoms with E-state index >= 15 is 0 Å². The molecule has 18 heavy (non-hydrogen) atoms. The molecule has 102 valence electrons. The fraction of sp³-hybridized carbons (Fsp3) is 0.706. The molecule has 1 aromatic rings. The molecule has 0 amide bonds. The first kappa shape index (κ1) is 15.2. The molecular formula is C17H29N. The topological polar surface area (TPSA) is 12.9 Å². The summed E-state index contributed by atoms with van der Waals surface area (Å²) in [6.45, 7) is 11.4. The van der Waals surface area contributed by atoms with Crippen molar-refractivity contribution in [1.29, 1.82) is 0 Å². The second-order valence-corrected chi connectivity index (χ2v) is 6.12. The van der Waals surface area contributed by atoms with Gasteiger partial charge in [-0.1, -0.05) is 59.9 Å². The van der Waals surface area contributed by atoms with Gasteiger partial charge in [-0.15, -0.1) is 0 Å². The largest absolute Gasteiger partial charge is 0.257 e. The van der Waals surface area contributed by atoms with Crippen molar-refractivity contribution in [2.45, 2.75) is 78.1 Å². The van der Waals surface area contributed by atoms with Crippen LogP contribution in [0.25, 0.3) is 0 Å². The van der Waals surface area contributed by atoms with Crippen molar-refractivity contribution in [2.24, 2.45) is 0 Å². The second-order valence-electron chi connectivity index (χ2n) is 6.12. The van der Waals surface area contributed by atoms with Gasteiger partial charge in [-0.25, -0.2) is 0 Å². The van der Waals surface area contributed by atoms with Gasteiger partial charge < -0.3 is 0 Å². The van der Waals surface area contributed by atoms with E-state index in [1.807, 2.05) is 0 Å². The van der Waals surface area contributed by atoms with E-state index in [2.05, 4.69) is 52.8 Å². The monoisotopic (exact) mass is 247 g/mol. The molecule has 0 aliphatic heterocycles. The molecule has 0 aliphatic carbocycles. The summed E-state index contributed by atoms with van der Waals surface area (Å²) in [7, 11) is 0. The van der Waals surface area contributed by atoms with Gasteiger partial charge in [0.05, 0.1) is 0 Å². The third-order valence-electron chi connectivity index (χ3n) is 3.83. The Kier molecular flexibility index (Phi) is 5.84. The van der Waals surface area contributed by atoms with E-state index in [9.17, 15) is 0 Å². The highest BCUT2D eigenvalue weighted by Gasteiger charge is 2.21. The van der Waals surface area contributed by atoms with Gasteiger partial charge in [0.1, 0.15) is 0 Å². The fourth-order valence-electron chi connectivity index (χ4n) is 2.51. The molecule has 0 saturated carbocycles. The summed E-state index contributed by atoms with van der Waals surface area (Å²) in [6, 6.07) is 6.55. The van der Waals surface area contributed by atoms with Crippen LogP contribution in [0, 0.1) is 0 Å². The van der Waals surface area contributed by atoms with Gasteiger partial charge in [0.25, 0.3) is 0 Å². The number of unbranched alkanes of at least 4 members (excludes halogenated alkanes) is 1. The van der Waals surface area contributed by atoms with Gasteiger partial charge in [-0.05, 0) is 30.9 Å². The molecule has 1 aromatic heterocycles. The highest BCUT2D eigenvalue weighted by Crippen LogP contribution is 2.28. The summed E-state index contributed by atoms with van der Waals surface area (Å²) in [5, 5.41) is 0. The number of aromatic nitrogens is 1. The molecule has 1 heterocycles. The van der Waals surface area contributed by atoms with Crippen LogP contribution in [-0.2, 0) is 5.41 Å². The Morgan fingerprint density at radius 2 is 1.89 bits per heavy atom. The Morgan fingerprint density at radius 3 is 2.50 bits per heavy atom. The standard InChI is InChI=1S/C17H29N/c1-6-8-10-14(3)15-11-9-12-16(18-15)17(4,5)13-7-2/h9,11-12,14H,6-8,10,13H2,1-5H3. The third-order valence-corrected chi connectivity index (χ3v) is 3.83. The average Bonchev–Trinajstić information content (AvgIpc) is 2.36. The summed E-state index contributed by atoms with van der Waals surface area (Å²) >= 11 is 0. The van der Waals surface area contributed by atoms with Crippen molar-refractivity contribution >= 4 is 0 Å². The van der Waals surface area contributed by atoms with E-state index in [0.717, 1.165) is 0 Å². The van der Waals surface area contributed by atoms with Gasteiger partial charge in [-0.3, -0.25) is 4.98 Å². The predicted molar refractivity (Wildman–Crippen MR) is 80.1 cm³/mol. The Bertz CT molecular complexity index is 354. The minimum atomic E-state index is 0.204. The van der Waals surface area contributed by atoms with E-state index < -0.39 is 0 Å². The van der Waals surface area contributed by atoms with Crippen molar-refractivity contribution in [2.75, 3.05) is 0 Å². The zero-order valence-electron chi connectivity index (χ0n) is 12.8. The lowest BCUT2D eigenvalue weighted by Crippen LogP contribution is -2.19. The second kappa shape index (κ2) is 6.92. The van der Waals surface area contributed by atoms with Crippen LogP contribution in [0.15, 0.2) is 18.2 Å². The maximum absolute atomic E-state index is 4.92. The van der Waals surface area contributed by atoms with E-state index in [0.29, 0.717) is 5.92 Å². The Labute approximate surface area is 113 Å². The lowest BCUT2D eigenvalue weighted by atomic mass is 9.84. The third kappa shape index (κ3) is 4.12. The summed E-state index contributed by atoms with van der Waals surface area (Å²) in [4.78, 5) is 4.92. The van der Waals surface area contributed by atoms with Crippen molar-refractivity contribution in [3.05, 3.63) is 29.6 Å². The molecule has 0 saturated heterocycles. The Morgan fingerprint density at radius 1 is 1.17 bits per heavy atom. The van der Waals surface area contributed by atoms with Crippen molar-refractivity contribution in [3.8, 4) is 0 Å². The predicted octanol–water partition coefficient (Wildman–Crippen LogP) is 5.45. The van der Waals surface area contributed by atoms with E-state index in [1.54, 1.807) is 0 Å². The van der Waals surface area contributed by atoms with Crippen molar-refractivity contribution in [1.82, 2.24) is 4.98 Å². The quantitative estimate of drug-likeness (QED) is 0.624. The molecule has 0 spiro atoms. The van der Waals surface area contributed by atoms with Crippen LogP contribution < -0.4 is 0 Å². The lowest BCUT2D eigenvalue weighted by molar-refractivity contribution is 0.456. The molecule has 1 heteroatoms. The highest BCUT2D eigenvalue weighted by molar-refractivity contribution is 5.20. The molecule has 0 bridgehead atoms. The fourth-order valence-corrected chi connectivity index (χ4v) is 2.51. The smallest absolute Gasteiger partial charge is 0.0463 e. The number of nitrogens with zero attached hydrogens (tertiary/aromatic N) is 1. The minimum Gasteiger partial charge on any atom is -0.257 e. The van der Waals surface area contributed by atoms with E-state index in [1.165, 1.54) is 43.5 Å². The first-order valence-electron chi connectivity index (χ1n) is 7.48. The van der Waals surface area contributed by atoms with Crippen LogP contribution in [0.5, 0.6) is 0 Å². The van der Waals surface area contributed by atoms with Crippen LogP contribution in [0.1, 0.15) is 84.0 Å². The van der Waals surface area contributed by atoms with Crippen LogP contribution in [0.4, 0.5) is 0 Å². The SMILES string of the molecule is CCCCC(C)c1cccc(C(C)(C)CCC)n1. The summed E-state index contributed by atoms with van der Waals surface area (Å²) in [6.07, 6.45) is 6.23. The highest BCUT2D eigenvalue weighted by atomic mass is 14.7. The molecule has 0 aromatic carbocycles. The van der Waals surface area contributed by atoms with Crippen LogP contribution >= 0.6 is 0 Å². The molecule has 0 fully saturated rings. The van der Waals surface area contributed by atoms with Crippen LogP contribution in [0.2, 0.25) is 0 Å². The van der Waals surface area contributed by atoms with E-state index in [4.69, 9.17) is 4.98 Å². The van der Waals surface area contributed by atoms with Crippen molar-refractivity contribution in [3.63, 3.8) is 0 Å². The number of hydrogen-bond acceptors (Lipinski definition) is 1. The number of hydrogen-bond donors (Lipinski definition) is 0. The van der Waals surface area contributed by atoms with Gasteiger partial charge >= 0.3 is 0 Å². The van der Waals surface area contributed by atoms with Crippen LogP contribution in [-0.4, -0.2) is 4.98 Å². The molecule has 0 radical (unpaired) electrons. The summed E-state index contributed by atoms with van der Waals surface area (Å²) < 4.78 is 0. The van der Waals surface area contributed by atoms with Gasteiger partial charge in [-0.2, -0.15) is 0 Å². The first-order chi connectivity index (χ1) is 8.51. The minimum absolute atomic E-state index is 0.204. The van der Waals surface area contributed by atoms with Crippen molar-refractivity contribution < 1.29 is 0 Å². The maximum Gasteiger partial charge on any atom is 0.0463 e. The first-order valence-corrected chi connectivity index (χ1v) is 7.48. The molecule has 1 unspecified atom stereocenters. The molecule has 1 nitrogen and oxygen atoms in total. The zero-order valence-corrected chi connectivity index (χ0v) is 12.8. The Hall–Kier alpha value is -0.850. The molecule has 0 N–H and O–H groups in total. The number of rotatable bonds is 7. The van der Waals surface area contributed by atoms with E-state index in [-0.39, 0.29) is 5.41 Å². The van der Waals surface area contributed by atoms with Gasteiger partial charge in [0, 0.05) is 16.8 Å². The maximum atomic E-state index is 4.92. The molecule has 1 rings (SSSR count). The Balaban J connectivity index is 2.84. The van der Waals surface area contributed by atoms with Gasteiger partial charge in [0.15, 0.2) is 0 Å². The normalized spacial score (nSPS) is 13.6. The molecular weight excluding hydrogens is 218 g/mol. The number of pyridine rings is 1. The lowest BCUT2D eigenvalue weighted by Gasteiger charge is -2.24. The van der Waals surface area contributed by atoms with Crippen LogP contribution in [0.3, 0.4) is 0 Å². The van der Waals surface area contributed by atoms with Gasteiger partial charge in [0.2, 0.25) is 0 Å². The molecule has 1 atom stereocenters. The molecule has 0 aliphatic rings. The average molecular weight is 247 g/mol. The summed E-state index contributed by atoms with van der Waals surface area (Å²) in [5.41, 5.74) is 2.73. The zero-order chi connectivity index (χ0) is 13.6.